The summed E-state index contributed by atoms with van der Waals surface area (Å²) in [6.07, 6.45) is 10.5. The molecule has 1 saturated heterocycles. The van der Waals surface area contributed by atoms with Crippen LogP contribution in [0.1, 0.15) is 32.1 Å². The van der Waals surface area contributed by atoms with Gasteiger partial charge in [0.05, 0.1) is 14.2 Å². The molecule has 0 unspecified atom stereocenters. The Bertz CT molecular complexity index is 235. The fraction of sp³-hybridized carbons (Fsp3) is 0.846. The van der Waals surface area contributed by atoms with Crippen molar-refractivity contribution in [3.63, 3.8) is 0 Å². The molecule has 1 saturated carbocycles. The van der Waals surface area contributed by atoms with Gasteiger partial charge in [-0.15, -0.1) is 0 Å². The van der Waals surface area contributed by atoms with E-state index in [-0.39, 0.29) is 0 Å². The van der Waals surface area contributed by atoms with Gasteiger partial charge in [0, 0.05) is 0 Å². The Balaban J connectivity index is 1.78. The van der Waals surface area contributed by atoms with E-state index in [9.17, 15) is 0 Å². The molecule has 0 amide bonds. The molecule has 2 aliphatic rings. The van der Waals surface area contributed by atoms with Crippen molar-refractivity contribution in [1.82, 2.24) is 0 Å². The summed E-state index contributed by atoms with van der Waals surface area (Å²) in [6.45, 7) is 7.13. The van der Waals surface area contributed by atoms with Crippen LogP contribution >= 0.6 is 0 Å². The third-order valence-corrected chi connectivity index (χ3v) is 4.65. The molecule has 86 valence electrons. The van der Waals surface area contributed by atoms with Crippen LogP contribution in [0, 0.1) is 5.92 Å². The SMILES string of the molecule is C[Si](C)(C)/C=C/[C@@H]1O[C@H]1C1CCCCC1. The van der Waals surface area contributed by atoms with Crippen LogP contribution in [0.3, 0.4) is 0 Å². The van der Waals surface area contributed by atoms with Crippen LogP contribution in [0.5, 0.6) is 0 Å². The van der Waals surface area contributed by atoms with Crippen molar-refractivity contribution < 1.29 is 4.74 Å². The third-order valence-electron chi connectivity index (χ3n) is 3.46. The zero-order valence-electron chi connectivity index (χ0n) is 10.3. The van der Waals surface area contributed by atoms with Crippen molar-refractivity contribution in [3.05, 3.63) is 11.8 Å². The highest BCUT2D eigenvalue weighted by molar-refractivity contribution is 6.80. The molecule has 2 atom stereocenters. The molecular weight excluding hydrogens is 200 g/mol. The predicted octanol–water partition coefficient (Wildman–Crippen LogP) is 3.77. The number of rotatable bonds is 3. The molecule has 1 aliphatic carbocycles. The molecule has 0 aromatic rings. The monoisotopic (exact) mass is 224 g/mol. The van der Waals surface area contributed by atoms with Gasteiger partial charge in [0.15, 0.2) is 0 Å². The van der Waals surface area contributed by atoms with E-state index in [1.54, 1.807) is 0 Å². The molecule has 2 fully saturated rings. The van der Waals surface area contributed by atoms with Crippen molar-refractivity contribution in [2.45, 2.75) is 64.0 Å². The molecule has 0 aromatic carbocycles. The van der Waals surface area contributed by atoms with Crippen molar-refractivity contribution in [2.75, 3.05) is 0 Å². The molecule has 15 heavy (non-hydrogen) atoms. The lowest BCUT2D eigenvalue weighted by Gasteiger charge is -2.19. The van der Waals surface area contributed by atoms with Crippen LogP contribution in [0.2, 0.25) is 19.6 Å². The summed E-state index contributed by atoms with van der Waals surface area (Å²) in [4.78, 5) is 0. The van der Waals surface area contributed by atoms with E-state index in [4.69, 9.17) is 4.74 Å². The number of hydrogen-bond acceptors (Lipinski definition) is 1. The minimum Gasteiger partial charge on any atom is -0.365 e. The predicted molar refractivity (Wildman–Crippen MR) is 67.7 cm³/mol. The van der Waals surface area contributed by atoms with E-state index >= 15 is 0 Å². The second-order valence-corrected chi connectivity index (χ2v) is 11.3. The summed E-state index contributed by atoms with van der Waals surface area (Å²) in [5, 5.41) is 0. The van der Waals surface area contributed by atoms with Crippen molar-refractivity contribution >= 4 is 8.07 Å². The lowest BCUT2D eigenvalue weighted by atomic mass is 9.86. The minimum absolute atomic E-state index is 0.472. The third kappa shape index (κ3) is 3.46. The molecule has 1 heterocycles. The highest BCUT2D eigenvalue weighted by Gasteiger charge is 2.43. The van der Waals surface area contributed by atoms with Gasteiger partial charge in [-0.3, -0.25) is 0 Å². The maximum absolute atomic E-state index is 5.79. The highest BCUT2D eigenvalue weighted by Crippen LogP contribution is 2.39. The lowest BCUT2D eigenvalue weighted by molar-refractivity contribution is 0.264. The molecule has 0 radical (unpaired) electrons. The van der Waals surface area contributed by atoms with Gasteiger partial charge < -0.3 is 4.74 Å². The van der Waals surface area contributed by atoms with Gasteiger partial charge in [-0.1, -0.05) is 50.7 Å². The Kier molecular flexibility index (Phi) is 3.36. The number of hydrogen-bond donors (Lipinski definition) is 0. The van der Waals surface area contributed by atoms with E-state index < -0.39 is 8.07 Å². The molecule has 2 heteroatoms. The molecule has 0 bridgehead atoms. The van der Waals surface area contributed by atoms with Crippen LogP contribution in [0.25, 0.3) is 0 Å². The van der Waals surface area contributed by atoms with E-state index in [0.717, 1.165) is 5.92 Å². The Labute approximate surface area is 94.9 Å². The maximum atomic E-state index is 5.79. The number of ether oxygens (including phenoxy) is 1. The highest BCUT2D eigenvalue weighted by atomic mass is 28.3. The molecule has 0 N–H and O–H groups in total. The van der Waals surface area contributed by atoms with Crippen LogP contribution in [0.15, 0.2) is 11.8 Å². The average Bonchev–Trinajstić information content (AvgIpc) is 2.94. The molecule has 1 aliphatic heterocycles. The minimum atomic E-state index is -1.02. The quantitative estimate of drug-likeness (QED) is 0.525. The van der Waals surface area contributed by atoms with Crippen LogP contribution < -0.4 is 0 Å². The molecule has 1 nitrogen and oxygen atoms in total. The van der Waals surface area contributed by atoms with Crippen molar-refractivity contribution in [2.24, 2.45) is 5.92 Å². The Morgan fingerprint density at radius 1 is 1.07 bits per heavy atom. The summed E-state index contributed by atoms with van der Waals surface area (Å²) < 4.78 is 5.79. The topological polar surface area (TPSA) is 12.5 Å². The normalized spacial score (nSPS) is 33.5. The first-order chi connectivity index (χ1) is 7.06. The average molecular weight is 224 g/mol. The van der Waals surface area contributed by atoms with Crippen LogP contribution in [0.4, 0.5) is 0 Å². The maximum Gasteiger partial charge on any atom is 0.102 e. The summed E-state index contributed by atoms with van der Waals surface area (Å²) in [5.74, 6) is 0.870. The Morgan fingerprint density at radius 3 is 2.33 bits per heavy atom. The molecule has 0 aromatic heterocycles. The zero-order chi connectivity index (χ0) is 10.9. The van der Waals surface area contributed by atoms with Gasteiger partial charge in [0.2, 0.25) is 0 Å². The Morgan fingerprint density at radius 2 is 1.73 bits per heavy atom. The van der Waals surface area contributed by atoms with Gasteiger partial charge in [0.1, 0.15) is 6.10 Å². The summed E-state index contributed by atoms with van der Waals surface area (Å²) in [6, 6.07) is 0. The first kappa shape index (κ1) is 11.4. The molecular formula is C13H24OSi. The first-order valence-corrected chi connectivity index (χ1v) is 9.99. The zero-order valence-corrected chi connectivity index (χ0v) is 11.3. The largest absolute Gasteiger partial charge is 0.365 e. The van der Waals surface area contributed by atoms with Crippen LogP contribution in [-0.4, -0.2) is 20.3 Å². The lowest BCUT2D eigenvalue weighted by Crippen LogP contribution is -2.17. The van der Waals surface area contributed by atoms with Gasteiger partial charge in [-0.2, -0.15) is 0 Å². The first-order valence-electron chi connectivity index (χ1n) is 6.41. The van der Waals surface area contributed by atoms with Gasteiger partial charge >= 0.3 is 0 Å². The van der Waals surface area contributed by atoms with Gasteiger partial charge in [0.25, 0.3) is 0 Å². The fourth-order valence-corrected chi connectivity index (χ4v) is 3.28. The fourth-order valence-electron chi connectivity index (χ4n) is 2.52. The second-order valence-electron chi connectivity index (χ2n) is 6.19. The summed E-state index contributed by atoms with van der Waals surface area (Å²) >= 11 is 0. The summed E-state index contributed by atoms with van der Waals surface area (Å²) in [5.41, 5.74) is 2.43. The van der Waals surface area contributed by atoms with E-state index in [1.165, 1.54) is 32.1 Å². The van der Waals surface area contributed by atoms with Gasteiger partial charge in [-0.05, 0) is 18.8 Å². The van der Waals surface area contributed by atoms with Crippen molar-refractivity contribution in [3.8, 4) is 0 Å². The van der Waals surface area contributed by atoms with E-state index in [1.807, 2.05) is 0 Å². The Hall–Kier alpha value is -0.0831. The van der Waals surface area contributed by atoms with E-state index in [0.29, 0.717) is 12.2 Å². The smallest absolute Gasteiger partial charge is 0.102 e. The second kappa shape index (κ2) is 4.42. The van der Waals surface area contributed by atoms with Crippen molar-refractivity contribution in [1.29, 1.82) is 0 Å². The number of epoxide rings is 1. The summed E-state index contributed by atoms with van der Waals surface area (Å²) in [7, 11) is -1.02. The van der Waals surface area contributed by atoms with E-state index in [2.05, 4.69) is 31.4 Å². The van der Waals surface area contributed by atoms with Gasteiger partial charge in [-0.25, -0.2) is 0 Å². The van der Waals surface area contributed by atoms with Crippen LogP contribution in [-0.2, 0) is 4.74 Å². The molecule has 2 rings (SSSR count). The standard InChI is InChI=1S/C13H24OSi/c1-15(2,3)10-9-12-13(14-12)11-7-5-4-6-8-11/h9-13H,4-8H2,1-3H3/b10-9+/t12-,13-/m0/s1. The molecule has 0 spiro atoms.